The number of aromatic nitrogens is 1. The third-order valence-electron chi connectivity index (χ3n) is 3.77. The molecule has 1 aliphatic rings. The first-order chi connectivity index (χ1) is 11.8. The minimum atomic E-state index is -4.74. The number of rotatable bonds is 4. The Labute approximate surface area is 140 Å². The maximum absolute atomic E-state index is 12.4. The minimum absolute atomic E-state index is 0.165. The van der Waals surface area contributed by atoms with Crippen LogP contribution in [0.2, 0.25) is 0 Å². The zero-order valence-electron chi connectivity index (χ0n) is 13.2. The first kappa shape index (κ1) is 17.3. The predicted molar refractivity (Wildman–Crippen MR) is 78.9 cm³/mol. The Balaban J connectivity index is 1.66. The topological polar surface area (TPSA) is 73.6 Å². The standard InChI is InChI=1S/C16H15F3N2O4/c1-9(10-2-4-11(5-3-10)24-16(17,18)19)20-15(22)14-12-8-23-7-6-13(12)25-21-14/h2-5,9H,6-8H2,1H3,(H,20,22)/t9-/m0/s1. The molecule has 0 spiro atoms. The van der Waals surface area contributed by atoms with Gasteiger partial charge in [0.15, 0.2) is 5.69 Å². The minimum Gasteiger partial charge on any atom is -0.406 e. The van der Waals surface area contributed by atoms with E-state index in [4.69, 9.17) is 9.26 Å². The summed E-state index contributed by atoms with van der Waals surface area (Å²) in [7, 11) is 0. The van der Waals surface area contributed by atoms with Crippen LogP contribution in [0.15, 0.2) is 28.8 Å². The van der Waals surface area contributed by atoms with Gasteiger partial charge in [0.1, 0.15) is 11.5 Å². The highest BCUT2D eigenvalue weighted by Crippen LogP contribution is 2.25. The average molecular weight is 356 g/mol. The van der Waals surface area contributed by atoms with Gasteiger partial charge in [-0.2, -0.15) is 0 Å². The highest BCUT2D eigenvalue weighted by atomic mass is 19.4. The number of nitrogens with zero attached hydrogens (tertiary/aromatic N) is 1. The van der Waals surface area contributed by atoms with Crippen LogP contribution in [0.3, 0.4) is 0 Å². The number of nitrogens with one attached hydrogen (secondary N) is 1. The van der Waals surface area contributed by atoms with Gasteiger partial charge in [0, 0.05) is 6.42 Å². The van der Waals surface area contributed by atoms with Gasteiger partial charge in [-0.15, -0.1) is 13.2 Å². The second-order valence-electron chi connectivity index (χ2n) is 5.55. The molecule has 134 valence electrons. The van der Waals surface area contributed by atoms with Gasteiger partial charge in [-0.05, 0) is 24.6 Å². The van der Waals surface area contributed by atoms with Crippen molar-refractivity contribution in [3.8, 4) is 5.75 Å². The SMILES string of the molecule is C[C@H](NC(=O)c1noc2c1COCC2)c1ccc(OC(F)(F)F)cc1. The maximum Gasteiger partial charge on any atom is 0.573 e. The molecule has 1 N–H and O–H groups in total. The lowest BCUT2D eigenvalue weighted by Gasteiger charge is -2.15. The average Bonchev–Trinajstić information content (AvgIpc) is 2.98. The molecule has 1 atom stereocenters. The lowest BCUT2D eigenvalue weighted by molar-refractivity contribution is -0.274. The summed E-state index contributed by atoms with van der Waals surface area (Å²) in [6, 6.07) is 4.85. The number of alkyl halides is 3. The van der Waals surface area contributed by atoms with Crippen LogP contribution in [0, 0.1) is 0 Å². The Kier molecular flexibility index (Phi) is 4.67. The van der Waals surface area contributed by atoms with E-state index in [0.29, 0.717) is 29.9 Å². The van der Waals surface area contributed by atoms with Crippen LogP contribution in [0.25, 0.3) is 0 Å². The number of hydrogen-bond acceptors (Lipinski definition) is 5. The van der Waals surface area contributed by atoms with Crippen LogP contribution < -0.4 is 10.1 Å². The third-order valence-corrected chi connectivity index (χ3v) is 3.77. The molecule has 9 heteroatoms. The highest BCUT2D eigenvalue weighted by molar-refractivity contribution is 5.94. The van der Waals surface area contributed by atoms with Crippen LogP contribution in [-0.2, 0) is 17.8 Å². The fourth-order valence-corrected chi connectivity index (χ4v) is 2.51. The first-order valence-corrected chi connectivity index (χ1v) is 7.55. The molecule has 0 fully saturated rings. The first-order valence-electron chi connectivity index (χ1n) is 7.55. The van der Waals surface area contributed by atoms with Crippen molar-refractivity contribution in [3.05, 3.63) is 46.8 Å². The lowest BCUT2D eigenvalue weighted by atomic mass is 10.1. The molecule has 1 aromatic carbocycles. The second kappa shape index (κ2) is 6.75. The van der Waals surface area contributed by atoms with Crippen molar-refractivity contribution in [1.82, 2.24) is 10.5 Å². The summed E-state index contributed by atoms with van der Waals surface area (Å²) in [5, 5.41) is 6.52. The van der Waals surface area contributed by atoms with Gasteiger partial charge < -0.3 is 19.3 Å². The van der Waals surface area contributed by atoms with Crippen molar-refractivity contribution in [2.75, 3.05) is 6.61 Å². The number of ether oxygens (including phenoxy) is 2. The Morgan fingerprint density at radius 3 is 2.72 bits per heavy atom. The molecule has 2 heterocycles. The van der Waals surface area contributed by atoms with Crippen molar-refractivity contribution in [2.24, 2.45) is 0 Å². The molecule has 0 aliphatic carbocycles. The number of hydrogen-bond donors (Lipinski definition) is 1. The van der Waals surface area contributed by atoms with Gasteiger partial charge in [0.05, 0.1) is 24.8 Å². The molecule has 0 radical (unpaired) electrons. The lowest BCUT2D eigenvalue weighted by Crippen LogP contribution is -2.28. The van der Waals surface area contributed by atoms with Crippen molar-refractivity contribution in [1.29, 1.82) is 0 Å². The van der Waals surface area contributed by atoms with E-state index in [1.807, 2.05) is 0 Å². The van der Waals surface area contributed by atoms with Gasteiger partial charge in [0.2, 0.25) is 0 Å². The molecule has 1 aromatic heterocycles. The maximum atomic E-state index is 12.4. The Bertz CT molecular complexity index is 756. The third kappa shape index (κ3) is 4.11. The van der Waals surface area contributed by atoms with E-state index in [-0.39, 0.29) is 18.1 Å². The number of carbonyl (C=O) groups is 1. The van der Waals surface area contributed by atoms with Crippen LogP contribution in [-0.4, -0.2) is 24.0 Å². The fraction of sp³-hybridized carbons (Fsp3) is 0.375. The normalized spacial score (nSPS) is 15.4. The van der Waals surface area contributed by atoms with Crippen molar-refractivity contribution < 1.29 is 32.0 Å². The van der Waals surface area contributed by atoms with E-state index in [9.17, 15) is 18.0 Å². The quantitative estimate of drug-likeness (QED) is 0.911. The van der Waals surface area contributed by atoms with Gasteiger partial charge in [0.25, 0.3) is 5.91 Å². The summed E-state index contributed by atoms with van der Waals surface area (Å²) < 4.78 is 50.7. The largest absolute Gasteiger partial charge is 0.573 e. The molecule has 3 rings (SSSR count). The van der Waals surface area contributed by atoms with Gasteiger partial charge in [-0.3, -0.25) is 4.79 Å². The van der Waals surface area contributed by atoms with Crippen LogP contribution in [0.4, 0.5) is 13.2 Å². The van der Waals surface area contributed by atoms with Gasteiger partial charge in [-0.25, -0.2) is 0 Å². The number of carbonyl (C=O) groups excluding carboxylic acids is 1. The molecule has 0 bridgehead atoms. The molecule has 0 saturated carbocycles. The molecule has 0 saturated heterocycles. The Morgan fingerprint density at radius 1 is 1.32 bits per heavy atom. The summed E-state index contributed by atoms with van der Waals surface area (Å²) in [6.45, 7) is 2.49. The molecule has 1 amide bonds. The summed E-state index contributed by atoms with van der Waals surface area (Å²) in [5.41, 5.74) is 1.42. The van der Waals surface area contributed by atoms with Crippen molar-refractivity contribution in [2.45, 2.75) is 32.4 Å². The van der Waals surface area contributed by atoms with Gasteiger partial charge in [-0.1, -0.05) is 17.3 Å². The number of halogens is 3. The zero-order chi connectivity index (χ0) is 18.0. The number of benzene rings is 1. The number of fused-ring (bicyclic) bond motifs is 1. The summed E-state index contributed by atoms with van der Waals surface area (Å²) in [6.07, 6.45) is -4.18. The molecule has 6 nitrogen and oxygen atoms in total. The van der Waals surface area contributed by atoms with E-state index in [2.05, 4.69) is 15.2 Å². The van der Waals surface area contributed by atoms with E-state index < -0.39 is 18.3 Å². The molecule has 2 aromatic rings. The highest BCUT2D eigenvalue weighted by Gasteiger charge is 2.31. The van der Waals surface area contributed by atoms with E-state index in [1.165, 1.54) is 24.3 Å². The van der Waals surface area contributed by atoms with Crippen molar-refractivity contribution >= 4 is 5.91 Å². The molecule has 0 unspecified atom stereocenters. The molecule has 1 aliphatic heterocycles. The van der Waals surface area contributed by atoms with Crippen LogP contribution in [0.5, 0.6) is 5.75 Å². The predicted octanol–water partition coefficient (Wildman–Crippen LogP) is 3.14. The van der Waals surface area contributed by atoms with Gasteiger partial charge >= 0.3 is 6.36 Å². The molecule has 25 heavy (non-hydrogen) atoms. The van der Waals surface area contributed by atoms with E-state index in [1.54, 1.807) is 6.92 Å². The van der Waals surface area contributed by atoms with Crippen molar-refractivity contribution in [3.63, 3.8) is 0 Å². The number of amides is 1. The van der Waals surface area contributed by atoms with E-state index in [0.717, 1.165) is 0 Å². The molecular formula is C16H15F3N2O4. The Morgan fingerprint density at radius 2 is 2.04 bits per heavy atom. The van der Waals surface area contributed by atoms with Crippen LogP contribution in [0.1, 0.15) is 40.3 Å². The molecular weight excluding hydrogens is 341 g/mol. The smallest absolute Gasteiger partial charge is 0.406 e. The van der Waals surface area contributed by atoms with E-state index >= 15 is 0 Å². The summed E-state index contributed by atoms with van der Waals surface area (Å²) >= 11 is 0. The monoisotopic (exact) mass is 356 g/mol. The fourth-order valence-electron chi connectivity index (χ4n) is 2.51. The zero-order valence-corrected chi connectivity index (χ0v) is 13.2. The Hall–Kier alpha value is -2.55. The second-order valence-corrected chi connectivity index (χ2v) is 5.55. The summed E-state index contributed by atoms with van der Waals surface area (Å²) in [5.74, 6) is -0.117. The summed E-state index contributed by atoms with van der Waals surface area (Å²) in [4.78, 5) is 12.4. The van der Waals surface area contributed by atoms with Crippen LogP contribution >= 0.6 is 0 Å².